The number of amides is 1. The zero-order chi connectivity index (χ0) is 19.2. The first kappa shape index (κ1) is 19.8. The minimum absolute atomic E-state index is 0.156. The number of carbonyl (C=O) groups excluding carboxylic acids is 1. The smallest absolute Gasteiger partial charge is 0.252 e. The van der Waals surface area contributed by atoms with Gasteiger partial charge in [-0.05, 0) is 66.5 Å². The van der Waals surface area contributed by atoms with Gasteiger partial charge in [0.05, 0.1) is 25.9 Å². The largest absolute Gasteiger partial charge is 0.493 e. The van der Waals surface area contributed by atoms with E-state index in [4.69, 9.17) is 14.2 Å². The molecule has 0 radical (unpaired) electrons. The summed E-state index contributed by atoms with van der Waals surface area (Å²) in [4.78, 5) is 12.7. The molecular weight excluding hydrogens is 457 g/mol. The van der Waals surface area contributed by atoms with Crippen LogP contribution in [-0.2, 0) is 6.54 Å². The summed E-state index contributed by atoms with van der Waals surface area (Å²) in [5.41, 5.74) is 1.54. The van der Waals surface area contributed by atoms with Crippen molar-refractivity contribution in [2.24, 2.45) is 0 Å². The van der Waals surface area contributed by atoms with Crippen molar-refractivity contribution in [3.05, 3.63) is 51.1 Å². The minimum Gasteiger partial charge on any atom is -0.493 e. The van der Waals surface area contributed by atoms with E-state index in [9.17, 15) is 4.79 Å². The molecule has 1 aliphatic rings. The number of hydrogen-bond acceptors (Lipinski definition) is 4. The number of hydrogen-bond donors (Lipinski definition) is 1. The number of carbonyl (C=O) groups is 1. The first-order valence-corrected chi connectivity index (χ1v) is 10.1. The number of rotatable bonds is 7. The Bertz CT molecular complexity index is 803. The molecule has 0 spiro atoms. The summed E-state index contributed by atoms with van der Waals surface area (Å²) in [6.45, 7) is 0.409. The molecule has 0 atom stereocenters. The first-order valence-electron chi connectivity index (χ1n) is 9.06. The Kier molecular flexibility index (Phi) is 6.82. The maximum Gasteiger partial charge on any atom is 0.252 e. The minimum atomic E-state index is -0.156. The van der Waals surface area contributed by atoms with Crippen LogP contribution in [0.2, 0.25) is 0 Å². The van der Waals surface area contributed by atoms with Crippen molar-refractivity contribution in [3.63, 3.8) is 0 Å². The fourth-order valence-corrected chi connectivity index (χ4v) is 3.93. The molecular formula is C21H24INO4. The van der Waals surface area contributed by atoms with Crippen molar-refractivity contribution < 1.29 is 19.0 Å². The molecule has 0 aromatic heterocycles. The monoisotopic (exact) mass is 481 g/mol. The molecule has 0 saturated heterocycles. The lowest BCUT2D eigenvalue weighted by molar-refractivity contribution is 0.0949. The topological polar surface area (TPSA) is 56.8 Å². The SMILES string of the molecule is COc1cc(I)c(C(=O)NCc2ccccc2OC2CCCC2)cc1OC. The van der Waals surface area contributed by atoms with Gasteiger partial charge in [0.2, 0.25) is 0 Å². The van der Waals surface area contributed by atoms with Gasteiger partial charge in [0.15, 0.2) is 11.5 Å². The second kappa shape index (κ2) is 9.30. The summed E-state index contributed by atoms with van der Waals surface area (Å²) in [5, 5.41) is 2.99. The van der Waals surface area contributed by atoms with E-state index < -0.39 is 0 Å². The average Bonchev–Trinajstić information content (AvgIpc) is 3.19. The Labute approximate surface area is 173 Å². The molecule has 5 nitrogen and oxygen atoms in total. The van der Waals surface area contributed by atoms with Crippen LogP contribution in [-0.4, -0.2) is 26.2 Å². The molecule has 2 aromatic rings. The van der Waals surface area contributed by atoms with Crippen LogP contribution in [0.1, 0.15) is 41.6 Å². The number of ether oxygens (including phenoxy) is 3. The Morgan fingerprint density at radius 2 is 1.74 bits per heavy atom. The van der Waals surface area contributed by atoms with Gasteiger partial charge in [-0.25, -0.2) is 0 Å². The molecule has 27 heavy (non-hydrogen) atoms. The Morgan fingerprint density at radius 1 is 1.07 bits per heavy atom. The van der Waals surface area contributed by atoms with Crippen molar-refractivity contribution >= 4 is 28.5 Å². The maximum atomic E-state index is 12.7. The molecule has 1 saturated carbocycles. The van der Waals surface area contributed by atoms with Gasteiger partial charge >= 0.3 is 0 Å². The number of para-hydroxylation sites is 1. The van der Waals surface area contributed by atoms with E-state index in [1.54, 1.807) is 26.4 Å². The second-order valence-corrected chi connectivity index (χ2v) is 7.66. The van der Waals surface area contributed by atoms with Gasteiger partial charge in [0.1, 0.15) is 5.75 Å². The van der Waals surface area contributed by atoms with Crippen LogP contribution in [0.25, 0.3) is 0 Å². The number of halogens is 1. The molecule has 144 valence electrons. The molecule has 3 rings (SSSR count). The molecule has 1 N–H and O–H groups in total. The lowest BCUT2D eigenvalue weighted by Gasteiger charge is -2.17. The van der Waals surface area contributed by atoms with E-state index in [2.05, 4.69) is 27.9 Å². The molecule has 1 aliphatic carbocycles. The van der Waals surface area contributed by atoms with Crippen LogP contribution in [0, 0.1) is 3.57 Å². The van der Waals surface area contributed by atoms with Gasteiger partial charge in [0.25, 0.3) is 5.91 Å². The second-order valence-electron chi connectivity index (χ2n) is 6.50. The van der Waals surface area contributed by atoms with Gasteiger partial charge in [-0.1, -0.05) is 18.2 Å². The molecule has 2 aromatic carbocycles. The van der Waals surface area contributed by atoms with E-state index in [0.717, 1.165) is 27.7 Å². The summed E-state index contributed by atoms with van der Waals surface area (Å²) < 4.78 is 17.5. The van der Waals surface area contributed by atoms with Gasteiger partial charge in [-0.2, -0.15) is 0 Å². The highest BCUT2D eigenvalue weighted by Crippen LogP contribution is 2.31. The fourth-order valence-electron chi connectivity index (χ4n) is 3.25. The summed E-state index contributed by atoms with van der Waals surface area (Å²) >= 11 is 2.13. The van der Waals surface area contributed by atoms with Crippen molar-refractivity contribution in [1.82, 2.24) is 5.32 Å². The predicted molar refractivity (Wildman–Crippen MR) is 113 cm³/mol. The Hall–Kier alpha value is -1.96. The van der Waals surface area contributed by atoms with Crippen LogP contribution in [0.4, 0.5) is 0 Å². The molecule has 0 heterocycles. The molecule has 1 amide bonds. The third kappa shape index (κ3) is 4.86. The third-order valence-corrected chi connectivity index (χ3v) is 5.62. The van der Waals surface area contributed by atoms with Gasteiger partial charge in [-0.3, -0.25) is 4.79 Å². The maximum absolute atomic E-state index is 12.7. The molecule has 1 fully saturated rings. The molecule has 0 bridgehead atoms. The highest BCUT2D eigenvalue weighted by Gasteiger charge is 2.19. The zero-order valence-corrected chi connectivity index (χ0v) is 17.7. The standard InChI is InChI=1S/C21H24INO4/c1-25-19-11-16(17(22)12-20(19)26-2)21(24)23-13-14-7-3-6-10-18(14)27-15-8-4-5-9-15/h3,6-7,10-12,15H,4-5,8-9,13H2,1-2H3,(H,23,24). The van der Waals surface area contributed by atoms with E-state index in [-0.39, 0.29) is 12.0 Å². The van der Waals surface area contributed by atoms with Crippen molar-refractivity contribution in [2.45, 2.75) is 38.3 Å². The summed E-state index contributed by atoms with van der Waals surface area (Å²) in [5.74, 6) is 1.84. The lowest BCUT2D eigenvalue weighted by Crippen LogP contribution is -2.24. The van der Waals surface area contributed by atoms with Gasteiger partial charge < -0.3 is 19.5 Å². The van der Waals surface area contributed by atoms with E-state index >= 15 is 0 Å². The fraction of sp³-hybridized carbons (Fsp3) is 0.381. The Balaban J connectivity index is 1.71. The Morgan fingerprint density at radius 3 is 2.44 bits per heavy atom. The number of methoxy groups -OCH3 is 2. The average molecular weight is 481 g/mol. The quantitative estimate of drug-likeness (QED) is 0.590. The molecule has 6 heteroatoms. The van der Waals surface area contributed by atoms with Crippen LogP contribution in [0.5, 0.6) is 17.2 Å². The van der Waals surface area contributed by atoms with E-state index in [0.29, 0.717) is 23.6 Å². The third-order valence-electron chi connectivity index (χ3n) is 4.73. The number of benzene rings is 2. The zero-order valence-electron chi connectivity index (χ0n) is 15.6. The van der Waals surface area contributed by atoms with Crippen molar-refractivity contribution in [3.8, 4) is 17.2 Å². The van der Waals surface area contributed by atoms with Crippen LogP contribution < -0.4 is 19.5 Å². The van der Waals surface area contributed by atoms with Crippen LogP contribution in [0.3, 0.4) is 0 Å². The predicted octanol–water partition coefficient (Wildman–Crippen LogP) is 4.56. The molecule has 0 aliphatic heterocycles. The summed E-state index contributed by atoms with van der Waals surface area (Å²) in [6, 6.07) is 11.4. The molecule has 0 unspecified atom stereocenters. The first-order chi connectivity index (χ1) is 13.1. The van der Waals surface area contributed by atoms with Crippen molar-refractivity contribution in [1.29, 1.82) is 0 Å². The summed E-state index contributed by atoms with van der Waals surface area (Å²) in [7, 11) is 3.14. The van der Waals surface area contributed by atoms with Crippen molar-refractivity contribution in [2.75, 3.05) is 14.2 Å². The van der Waals surface area contributed by atoms with Crippen LogP contribution in [0.15, 0.2) is 36.4 Å². The van der Waals surface area contributed by atoms with Crippen LogP contribution >= 0.6 is 22.6 Å². The highest BCUT2D eigenvalue weighted by atomic mass is 127. The summed E-state index contributed by atoms with van der Waals surface area (Å²) in [6.07, 6.45) is 4.94. The lowest BCUT2D eigenvalue weighted by atomic mass is 10.1. The van der Waals surface area contributed by atoms with E-state index in [1.807, 2.05) is 24.3 Å². The van der Waals surface area contributed by atoms with E-state index in [1.165, 1.54) is 12.8 Å². The van der Waals surface area contributed by atoms with Gasteiger partial charge in [0, 0.05) is 15.7 Å². The van der Waals surface area contributed by atoms with Gasteiger partial charge in [-0.15, -0.1) is 0 Å². The highest BCUT2D eigenvalue weighted by molar-refractivity contribution is 14.1. The normalized spacial score (nSPS) is 14.0. The number of nitrogens with one attached hydrogen (secondary N) is 1.